The summed E-state index contributed by atoms with van der Waals surface area (Å²) in [5.41, 5.74) is 0.249. The number of halogens is 3. The second-order valence-corrected chi connectivity index (χ2v) is 7.93. The van der Waals surface area contributed by atoms with Gasteiger partial charge in [0.1, 0.15) is 11.6 Å². The minimum atomic E-state index is -4.80. The monoisotopic (exact) mass is 507 g/mol. The molecule has 0 fully saturated rings. The molecule has 3 amide bonds. The molecule has 3 rings (SSSR count). The van der Waals surface area contributed by atoms with Crippen LogP contribution in [0.2, 0.25) is 0 Å². The number of hydrogen-bond donors (Lipinski definition) is 3. The van der Waals surface area contributed by atoms with Gasteiger partial charge < -0.3 is 24.5 Å². The molecule has 3 aromatic rings. The molecule has 3 N–H and O–H groups in total. The van der Waals surface area contributed by atoms with E-state index in [9.17, 15) is 22.8 Å². The van der Waals surface area contributed by atoms with Crippen LogP contribution in [0.1, 0.15) is 42.6 Å². The molecule has 0 unspecified atom stereocenters. The first-order valence-corrected chi connectivity index (χ1v) is 11.4. The summed E-state index contributed by atoms with van der Waals surface area (Å²) in [6, 6.07) is 4.04. The number of benzene rings is 1. The van der Waals surface area contributed by atoms with Crippen LogP contribution in [0, 0.1) is 6.92 Å². The molecule has 2 heterocycles. The second-order valence-electron chi connectivity index (χ2n) is 7.93. The van der Waals surface area contributed by atoms with Crippen LogP contribution in [-0.4, -0.2) is 43.9 Å². The number of alkyl halides is 3. The average Bonchev–Trinajstić information content (AvgIpc) is 3.41. The highest BCUT2D eigenvalue weighted by Gasteiger charge is 2.31. The van der Waals surface area contributed by atoms with E-state index < -0.39 is 18.1 Å². The molecule has 1 aromatic carbocycles. The van der Waals surface area contributed by atoms with Gasteiger partial charge in [0.05, 0.1) is 0 Å². The normalized spacial score (nSPS) is 11.2. The Morgan fingerprint density at radius 2 is 1.78 bits per heavy atom. The number of nitrogens with zero attached hydrogens (tertiary/aromatic N) is 4. The number of nitrogens with one attached hydrogen (secondary N) is 3. The van der Waals surface area contributed by atoms with E-state index in [4.69, 9.17) is 0 Å². The third-order valence-corrected chi connectivity index (χ3v) is 5.10. The molecular formula is C23H28F3N7O3. The van der Waals surface area contributed by atoms with E-state index in [1.54, 1.807) is 17.0 Å². The number of aryl methyl sites for hydroxylation is 3. The summed E-state index contributed by atoms with van der Waals surface area (Å²) in [6.07, 6.45) is 2.79. The summed E-state index contributed by atoms with van der Waals surface area (Å²) in [6.45, 7) is 5.63. The SMILES string of the molecule is CCCCn1cc(NC(=O)Nc2ccc(OC(F)(F)F)cc2)nc1C(=O)NCCCn1ccnc1C. The van der Waals surface area contributed by atoms with Gasteiger partial charge in [-0.25, -0.2) is 14.8 Å². The lowest BCUT2D eigenvalue weighted by Gasteiger charge is -2.10. The van der Waals surface area contributed by atoms with E-state index in [0.29, 0.717) is 26.1 Å². The lowest BCUT2D eigenvalue weighted by atomic mass is 10.3. The lowest BCUT2D eigenvalue weighted by molar-refractivity contribution is -0.274. The molecule has 0 radical (unpaired) electrons. The Morgan fingerprint density at radius 1 is 1.06 bits per heavy atom. The van der Waals surface area contributed by atoms with Gasteiger partial charge in [-0.3, -0.25) is 10.1 Å². The van der Waals surface area contributed by atoms with E-state index in [-0.39, 0.29) is 23.2 Å². The van der Waals surface area contributed by atoms with Crippen molar-refractivity contribution in [3.05, 3.63) is 54.5 Å². The zero-order valence-electron chi connectivity index (χ0n) is 19.9. The van der Waals surface area contributed by atoms with Gasteiger partial charge >= 0.3 is 12.4 Å². The zero-order valence-corrected chi connectivity index (χ0v) is 19.9. The molecule has 13 heteroatoms. The highest BCUT2D eigenvalue weighted by molar-refractivity contribution is 5.99. The summed E-state index contributed by atoms with van der Waals surface area (Å²) in [4.78, 5) is 33.5. The van der Waals surface area contributed by atoms with Crippen LogP contribution in [0.15, 0.2) is 42.9 Å². The van der Waals surface area contributed by atoms with Crippen LogP contribution >= 0.6 is 0 Å². The summed E-state index contributed by atoms with van der Waals surface area (Å²) in [5, 5.41) is 7.89. The van der Waals surface area contributed by atoms with E-state index >= 15 is 0 Å². The minimum absolute atomic E-state index is 0.166. The van der Waals surface area contributed by atoms with Gasteiger partial charge in [-0.15, -0.1) is 13.2 Å². The van der Waals surface area contributed by atoms with Crippen molar-refractivity contribution in [2.24, 2.45) is 0 Å². The third-order valence-electron chi connectivity index (χ3n) is 5.10. The number of amides is 3. The van der Waals surface area contributed by atoms with Crippen molar-refractivity contribution in [3.63, 3.8) is 0 Å². The molecule has 36 heavy (non-hydrogen) atoms. The van der Waals surface area contributed by atoms with Gasteiger partial charge in [-0.1, -0.05) is 13.3 Å². The van der Waals surface area contributed by atoms with Crippen LogP contribution < -0.4 is 20.7 Å². The maximum Gasteiger partial charge on any atom is 0.573 e. The Balaban J connectivity index is 1.57. The van der Waals surface area contributed by atoms with E-state index in [0.717, 1.165) is 30.8 Å². The van der Waals surface area contributed by atoms with Crippen molar-refractivity contribution in [2.45, 2.75) is 52.6 Å². The number of carbonyl (C=O) groups excluding carboxylic acids is 2. The number of hydrogen-bond acceptors (Lipinski definition) is 5. The van der Waals surface area contributed by atoms with Crippen molar-refractivity contribution in [1.29, 1.82) is 0 Å². The van der Waals surface area contributed by atoms with Crippen LogP contribution in [0.5, 0.6) is 5.75 Å². The van der Waals surface area contributed by atoms with Gasteiger partial charge in [0.25, 0.3) is 5.91 Å². The van der Waals surface area contributed by atoms with Gasteiger partial charge in [-0.05, 0) is 44.0 Å². The van der Waals surface area contributed by atoms with E-state index in [1.165, 1.54) is 12.1 Å². The van der Waals surface area contributed by atoms with Gasteiger partial charge in [0.2, 0.25) is 5.82 Å². The molecule has 0 bridgehead atoms. The maximum atomic E-state index is 12.7. The first kappa shape index (κ1) is 26.6. The molecule has 0 atom stereocenters. The highest BCUT2D eigenvalue weighted by atomic mass is 19.4. The van der Waals surface area contributed by atoms with Crippen LogP contribution in [0.25, 0.3) is 0 Å². The highest BCUT2D eigenvalue weighted by Crippen LogP contribution is 2.24. The molecule has 0 saturated carbocycles. The predicted octanol–water partition coefficient (Wildman–Crippen LogP) is 4.55. The minimum Gasteiger partial charge on any atom is -0.406 e. The molecule has 0 aliphatic heterocycles. The number of unbranched alkanes of at least 4 members (excludes halogenated alkanes) is 1. The number of ether oxygens (including phenoxy) is 1. The summed E-state index contributed by atoms with van der Waals surface area (Å²) in [7, 11) is 0. The van der Waals surface area contributed by atoms with Crippen molar-refractivity contribution in [1.82, 2.24) is 24.4 Å². The van der Waals surface area contributed by atoms with E-state index in [2.05, 4.69) is 30.7 Å². The molecule has 0 saturated heterocycles. The largest absolute Gasteiger partial charge is 0.573 e. The fourth-order valence-electron chi connectivity index (χ4n) is 3.35. The average molecular weight is 508 g/mol. The van der Waals surface area contributed by atoms with Crippen molar-refractivity contribution in [2.75, 3.05) is 17.2 Å². The Morgan fingerprint density at radius 3 is 2.42 bits per heavy atom. The smallest absolute Gasteiger partial charge is 0.406 e. The molecule has 0 spiro atoms. The van der Waals surface area contributed by atoms with Gasteiger partial charge in [0, 0.05) is 43.9 Å². The van der Waals surface area contributed by atoms with Gasteiger partial charge in [0.15, 0.2) is 5.82 Å². The standard InChI is InChI=1S/C23H28F3N7O3/c1-3-4-12-33-15-19(30-20(33)21(34)28-10-5-13-32-14-11-27-16(32)2)31-22(35)29-17-6-8-18(9-7-17)36-23(24,25)26/h6-9,11,14-15H,3-5,10,12-13H2,1-2H3,(H,28,34)(H2,29,31,35). The molecule has 2 aromatic heterocycles. The second kappa shape index (κ2) is 12.1. The number of anilines is 2. The van der Waals surface area contributed by atoms with Crippen LogP contribution in [0.3, 0.4) is 0 Å². The zero-order chi connectivity index (χ0) is 26.1. The molecule has 10 nitrogen and oxygen atoms in total. The number of rotatable bonds is 11. The quantitative estimate of drug-likeness (QED) is 0.330. The summed E-state index contributed by atoms with van der Waals surface area (Å²) >= 11 is 0. The third kappa shape index (κ3) is 8.03. The van der Waals surface area contributed by atoms with E-state index in [1.807, 2.05) is 24.6 Å². The molecule has 0 aliphatic rings. The van der Waals surface area contributed by atoms with Crippen molar-refractivity contribution < 1.29 is 27.5 Å². The Labute approximate surface area is 205 Å². The Kier molecular flexibility index (Phi) is 8.92. The number of imidazole rings is 2. The molecule has 194 valence electrons. The first-order valence-electron chi connectivity index (χ1n) is 11.4. The lowest BCUT2D eigenvalue weighted by Crippen LogP contribution is -2.28. The molecular weight excluding hydrogens is 479 g/mol. The molecule has 0 aliphatic carbocycles. The van der Waals surface area contributed by atoms with Crippen LogP contribution in [-0.2, 0) is 13.1 Å². The fraction of sp³-hybridized carbons (Fsp3) is 0.391. The fourth-order valence-corrected chi connectivity index (χ4v) is 3.35. The summed E-state index contributed by atoms with van der Waals surface area (Å²) in [5.74, 6) is 0.475. The Hall–Kier alpha value is -4.03. The van der Waals surface area contributed by atoms with Crippen LogP contribution in [0.4, 0.5) is 29.5 Å². The first-order chi connectivity index (χ1) is 17.1. The number of urea groups is 1. The van der Waals surface area contributed by atoms with Crippen molar-refractivity contribution in [3.8, 4) is 5.75 Å². The topological polar surface area (TPSA) is 115 Å². The number of carbonyl (C=O) groups is 2. The maximum absolute atomic E-state index is 12.7. The predicted molar refractivity (Wildman–Crippen MR) is 127 cm³/mol. The van der Waals surface area contributed by atoms with Crippen molar-refractivity contribution >= 4 is 23.4 Å². The summed E-state index contributed by atoms with van der Waals surface area (Å²) < 4.78 is 44.3. The number of aromatic nitrogens is 4. The van der Waals surface area contributed by atoms with Gasteiger partial charge in [-0.2, -0.15) is 0 Å². The Bertz CT molecular complexity index is 1160.